The zero-order valence-corrected chi connectivity index (χ0v) is 20.4. The highest BCUT2D eigenvalue weighted by atomic mass is 35.5. The number of nitrogens with zero attached hydrogens (tertiary/aromatic N) is 2. The van der Waals surface area contributed by atoms with Crippen molar-refractivity contribution in [2.75, 3.05) is 0 Å². The van der Waals surface area contributed by atoms with Crippen LogP contribution in [-0.4, -0.2) is 15.3 Å². The molecule has 4 nitrogen and oxygen atoms in total. The van der Waals surface area contributed by atoms with E-state index in [1.165, 1.54) is 36.4 Å². The van der Waals surface area contributed by atoms with Crippen LogP contribution in [0.25, 0.3) is 22.4 Å². The fraction of sp³-hybridized carbons (Fsp3) is 0.0769. The molecule has 36 heavy (non-hydrogen) atoms. The largest absolute Gasteiger partial charge is 0.433 e. The van der Waals surface area contributed by atoms with Gasteiger partial charge < -0.3 is 8.98 Å². The standard InChI is InChI=1S/C26H14Cl3F3N2O2/c27-16-8-9-20-18(10-16)22(23(35)21-12-33-25(36-21)14-4-2-1-3-5-14)24(26(30,31)32)34(20)13-15-6-7-17(28)11-19(15)29/h1-12H,13H2. The molecule has 0 bridgehead atoms. The topological polar surface area (TPSA) is 48.0 Å². The predicted octanol–water partition coefficient (Wildman–Crippen LogP) is 8.55. The number of aromatic nitrogens is 2. The molecule has 2 heterocycles. The maximum absolute atomic E-state index is 14.6. The molecule has 0 spiro atoms. The van der Waals surface area contributed by atoms with Crippen LogP contribution in [0.2, 0.25) is 15.1 Å². The Kier molecular flexibility index (Phi) is 6.32. The molecule has 0 unspecified atom stereocenters. The zero-order chi connectivity index (χ0) is 25.6. The summed E-state index contributed by atoms with van der Waals surface area (Å²) in [6.45, 7) is -0.262. The molecule has 5 rings (SSSR count). The van der Waals surface area contributed by atoms with Crippen molar-refractivity contribution in [1.82, 2.24) is 9.55 Å². The van der Waals surface area contributed by atoms with E-state index in [2.05, 4.69) is 4.98 Å². The lowest BCUT2D eigenvalue weighted by molar-refractivity contribution is -0.143. The van der Waals surface area contributed by atoms with E-state index in [1.54, 1.807) is 30.3 Å². The maximum Gasteiger partial charge on any atom is 0.432 e. The van der Waals surface area contributed by atoms with Crippen molar-refractivity contribution in [2.24, 2.45) is 0 Å². The quantitative estimate of drug-likeness (QED) is 0.206. The molecular weight excluding hydrogens is 536 g/mol. The van der Waals surface area contributed by atoms with Crippen molar-refractivity contribution in [2.45, 2.75) is 12.7 Å². The first-order chi connectivity index (χ1) is 17.1. The smallest absolute Gasteiger partial charge is 0.432 e. The summed E-state index contributed by atoms with van der Waals surface area (Å²) < 4.78 is 50.3. The van der Waals surface area contributed by atoms with Crippen LogP contribution in [0.4, 0.5) is 13.2 Å². The van der Waals surface area contributed by atoms with Crippen LogP contribution in [0.3, 0.4) is 0 Å². The first-order valence-corrected chi connectivity index (χ1v) is 11.7. The Morgan fingerprint density at radius 1 is 0.944 bits per heavy atom. The Bertz CT molecular complexity index is 1610. The van der Waals surface area contributed by atoms with Gasteiger partial charge in [0.2, 0.25) is 11.7 Å². The van der Waals surface area contributed by atoms with Gasteiger partial charge in [0.05, 0.1) is 11.8 Å². The van der Waals surface area contributed by atoms with Gasteiger partial charge in [0.1, 0.15) is 5.69 Å². The predicted molar refractivity (Wildman–Crippen MR) is 133 cm³/mol. The summed E-state index contributed by atoms with van der Waals surface area (Å²) in [7, 11) is 0. The third-order valence-electron chi connectivity index (χ3n) is 5.61. The number of hydrogen-bond donors (Lipinski definition) is 0. The molecule has 0 aliphatic rings. The monoisotopic (exact) mass is 548 g/mol. The van der Waals surface area contributed by atoms with Crippen LogP contribution in [-0.2, 0) is 12.7 Å². The van der Waals surface area contributed by atoms with E-state index in [4.69, 9.17) is 39.2 Å². The average Bonchev–Trinajstić information content (AvgIpc) is 3.44. The van der Waals surface area contributed by atoms with Crippen LogP contribution in [0.15, 0.2) is 77.3 Å². The minimum atomic E-state index is -4.89. The van der Waals surface area contributed by atoms with Crippen molar-refractivity contribution in [3.8, 4) is 11.5 Å². The van der Waals surface area contributed by atoms with Gasteiger partial charge in [0.25, 0.3) is 0 Å². The third-order valence-corrected chi connectivity index (χ3v) is 6.44. The average molecular weight is 550 g/mol. The van der Waals surface area contributed by atoms with Gasteiger partial charge in [-0.1, -0.05) is 59.1 Å². The summed E-state index contributed by atoms with van der Waals surface area (Å²) in [5.41, 5.74) is -0.600. The van der Waals surface area contributed by atoms with Crippen LogP contribution in [0.1, 0.15) is 27.4 Å². The van der Waals surface area contributed by atoms with E-state index in [-0.39, 0.29) is 39.1 Å². The second kappa shape index (κ2) is 9.32. The summed E-state index contributed by atoms with van der Waals surface area (Å²) in [5, 5.41) is 0.749. The Balaban J connectivity index is 1.71. The van der Waals surface area contributed by atoms with Crippen molar-refractivity contribution in [3.05, 3.63) is 111 Å². The zero-order valence-electron chi connectivity index (χ0n) is 18.1. The van der Waals surface area contributed by atoms with Gasteiger partial charge in [-0.25, -0.2) is 4.98 Å². The van der Waals surface area contributed by atoms with Crippen molar-refractivity contribution in [3.63, 3.8) is 0 Å². The van der Waals surface area contributed by atoms with Gasteiger partial charge in [-0.15, -0.1) is 0 Å². The highest BCUT2D eigenvalue weighted by molar-refractivity contribution is 6.35. The molecule has 5 aromatic rings. The second-order valence-electron chi connectivity index (χ2n) is 7.93. The van der Waals surface area contributed by atoms with Gasteiger partial charge in [-0.05, 0) is 48.0 Å². The number of ketones is 1. The highest BCUT2D eigenvalue weighted by Crippen LogP contribution is 2.41. The Morgan fingerprint density at radius 3 is 2.33 bits per heavy atom. The lowest BCUT2D eigenvalue weighted by atomic mass is 10.0. The fourth-order valence-electron chi connectivity index (χ4n) is 4.05. The van der Waals surface area contributed by atoms with E-state index in [0.29, 0.717) is 16.1 Å². The van der Waals surface area contributed by atoms with E-state index in [9.17, 15) is 18.0 Å². The number of oxazole rings is 1. The number of alkyl halides is 3. The Morgan fingerprint density at radius 2 is 1.64 bits per heavy atom. The number of rotatable bonds is 5. The maximum atomic E-state index is 14.6. The van der Waals surface area contributed by atoms with E-state index >= 15 is 0 Å². The summed E-state index contributed by atoms with van der Waals surface area (Å²) in [5.74, 6) is -1.18. The van der Waals surface area contributed by atoms with Gasteiger partial charge in [-0.3, -0.25) is 4.79 Å². The molecular formula is C26H14Cl3F3N2O2. The van der Waals surface area contributed by atoms with Crippen LogP contribution >= 0.6 is 34.8 Å². The van der Waals surface area contributed by atoms with Crippen molar-refractivity contribution < 1.29 is 22.4 Å². The van der Waals surface area contributed by atoms with Gasteiger partial charge in [0, 0.05) is 38.1 Å². The summed E-state index contributed by atoms with van der Waals surface area (Å²) in [6.07, 6.45) is -3.77. The SMILES string of the molecule is O=C(c1cnc(-c2ccccc2)o1)c1c(C(F)(F)F)n(Cc2ccc(Cl)cc2Cl)c2ccc(Cl)cc12. The van der Waals surface area contributed by atoms with Crippen LogP contribution < -0.4 is 0 Å². The van der Waals surface area contributed by atoms with E-state index in [0.717, 1.165) is 10.8 Å². The molecule has 10 heteroatoms. The van der Waals surface area contributed by atoms with Crippen LogP contribution in [0, 0.1) is 0 Å². The highest BCUT2D eigenvalue weighted by Gasteiger charge is 2.42. The molecule has 0 aliphatic heterocycles. The number of benzene rings is 3. The van der Waals surface area contributed by atoms with Crippen molar-refractivity contribution in [1.29, 1.82) is 0 Å². The van der Waals surface area contributed by atoms with Crippen LogP contribution in [0.5, 0.6) is 0 Å². The van der Waals surface area contributed by atoms with E-state index < -0.39 is 23.2 Å². The molecule has 182 valence electrons. The van der Waals surface area contributed by atoms with Gasteiger partial charge >= 0.3 is 6.18 Å². The third kappa shape index (κ3) is 4.50. The van der Waals surface area contributed by atoms with E-state index in [1.807, 2.05) is 0 Å². The summed E-state index contributed by atoms with van der Waals surface area (Å²) in [4.78, 5) is 17.6. The first-order valence-electron chi connectivity index (χ1n) is 10.5. The number of fused-ring (bicyclic) bond motifs is 1. The lowest BCUT2D eigenvalue weighted by Crippen LogP contribution is -2.18. The number of carbonyl (C=O) groups excluding carboxylic acids is 1. The molecule has 0 atom stereocenters. The lowest BCUT2D eigenvalue weighted by Gasteiger charge is -2.15. The number of carbonyl (C=O) groups is 1. The molecule has 0 saturated heterocycles. The Hall–Kier alpha value is -3.26. The molecule has 3 aromatic carbocycles. The number of hydrogen-bond acceptors (Lipinski definition) is 3. The second-order valence-corrected chi connectivity index (χ2v) is 9.21. The molecule has 0 saturated carbocycles. The molecule has 0 radical (unpaired) electrons. The molecule has 0 aliphatic carbocycles. The van der Waals surface area contributed by atoms with Gasteiger partial charge in [-0.2, -0.15) is 13.2 Å². The summed E-state index contributed by atoms with van der Waals surface area (Å²) >= 11 is 18.3. The Labute approximate surface area is 217 Å². The fourth-order valence-corrected chi connectivity index (χ4v) is 4.69. The molecule has 2 aromatic heterocycles. The number of halogens is 6. The minimum absolute atomic E-state index is 0.0302. The normalized spacial score (nSPS) is 11.8. The van der Waals surface area contributed by atoms with Gasteiger partial charge in [0.15, 0.2) is 5.76 Å². The first kappa shape index (κ1) is 24.4. The van der Waals surface area contributed by atoms with Crippen molar-refractivity contribution >= 4 is 51.5 Å². The molecule has 0 amide bonds. The minimum Gasteiger partial charge on any atom is -0.433 e. The molecule has 0 fully saturated rings. The summed E-state index contributed by atoms with van der Waals surface area (Å²) in [6, 6.07) is 17.4. The molecule has 0 N–H and O–H groups in total.